The molecule has 4 rings (SSSR count). The minimum absolute atomic E-state index is 0.0204. The summed E-state index contributed by atoms with van der Waals surface area (Å²) in [5.41, 5.74) is 2.29. The van der Waals surface area contributed by atoms with Crippen LogP contribution in [0.1, 0.15) is 47.4 Å². The molecule has 1 aliphatic heterocycles. The lowest BCUT2D eigenvalue weighted by Gasteiger charge is -2.29. The zero-order valence-electron chi connectivity index (χ0n) is 17.0. The first kappa shape index (κ1) is 20.0. The van der Waals surface area contributed by atoms with E-state index in [0.29, 0.717) is 13.0 Å². The van der Waals surface area contributed by atoms with Crippen molar-refractivity contribution in [1.82, 2.24) is 10.2 Å². The van der Waals surface area contributed by atoms with E-state index in [1.54, 1.807) is 17.0 Å². The molecule has 1 N–H and O–H groups in total. The molecule has 5 heteroatoms. The lowest BCUT2D eigenvalue weighted by atomic mass is 9.85. The zero-order valence-corrected chi connectivity index (χ0v) is 17.0. The maximum atomic E-state index is 13.2. The third-order valence-corrected chi connectivity index (χ3v) is 5.74. The third kappa shape index (κ3) is 4.15. The van der Waals surface area contributed by atoms with Gasteiger partial charge in [0.15, 0.2) is 5.76 Å². The first-order chi connectivity index (χ1) is 14.6. The van der Waals surface area contributed by atoms with Crippen LogP contribution < -0.4 is 5.32 Å². The zero-order chi connectivity index (χ0) is 20.9. The number of carbonyl (C=O) groups excluding carboxylic acids is 2. The molecule has 2 heterocycles. The standard InChI is InChI=1S/C25H26N2O3/c1-18(23(19-10-4-2-5-11-19)20-12-6-3-7-13-20)26-24(28)21-14-8-16-27(21)25(29)22-15-9-17-30-22/h2-7,9-13,15,17-18,21,23H,8,14,16H2,1H3,(H,26,28)/t18-,21+/m0/s1. The minimum Gasteiger partial charge on any atom is -0.459 e. The molecule has 1 aliphatic rings. The van der Waals surface area contributed by atoms with Gasteiger partial charge >= 0.3 is 0 Å². The molecule has 2 atom stereocenters. The number of hydrogen-bond acceptors (Lipinski definition) is 3. The first-order valence-corrected chi connectivity index (χ1v) is 10.4. The monoisotopic (exact) mass is 402 g/mol. The molecule has 1 aromatic heterocycles. The van der Waals surface area contributed by atoms with Gasteiger partial charge in [-0.1, -0.05) is 60.7 Å². The van der Waals surface area contributed by atoms with Gasteiger partial charge in [-0.2, -0.15) is 0 Å². The van der Waals surface area contributed by atoms with Crippen LogP contribution in [-0.4, -0.2) is 35.3 Å². The Labute approximate surface area is 176 Å². The van der Waals surface area contributed by atoms with Crippen molar-refractivity contribution >= 4 is 11.8 Å². The molecule has 0 radical (unpaired) electrons. The normalized spacial score (nSPS) is 17.1. The van der Waals surface area contributed by atoms with Gasteiger partial charge in [0.2, 0.25) is 5.91 Å². The fourth-order valence-electron chi connectivity index (χ4n) is 4.32. The number of benzene rings is 2. The Morgan fingerprint density at radius 1 is 0.967 bits per heavy atom. The van der Waals surface area contributed by atoms with E-state index in [1.807, 2.05) is 43.3 Å². The molecule has 3 aromatic rings. The highest BCUT2D eigenvalue weighted by Gasteiger charge is 2.36. The molecule has 2 aromatic carbocycles. The SMILES string of the molecule is C[C@H](NC(=O)[C@H]1CCCN1C(=O)c1ccco1)C(c1ccccc1)c1ccccc1. The van der Waals surface area contributed by atoms with Gasteiger partial charge in [0.25, 0.3) is 5.91 Å². The highest BCUT2D eigenvalue weighted by molar-refractivity contribution is 5.96. The van der Waals surface area contributed by atoms with Crippen molar-refractivity contribution in [2.45, 2.75) is 37.8 Å². The number of furan rings is 1. The fraction of sp³-hybridized carbons (Fsp3) is 0.280. The largest absolute Gasteiger partial charge is 0.459 e. The Kier molecular flexibility index (Phi) is 5.98. The van der Waals surface area contributed by atoms with Crippen LogP contribution in [0.25, 0.3) is 0 Å². The Morgan fingerprint density at radius 2 is 1.60 bits per heavy atom. The number of nitrogens with zero attached hydrogens (tertiary/aromatic N) is 1. The van der Waals surface area contributed by atoms with Crippen LogP contribution >= 0.6 is 0 Å². The summed E-state index contributed by atoms with van der Waals surface area (Å²) in [7, 11) is 0. The predicted octanol–water partition coefficient (Wildman–Crippen LogP) is 4.22. The number of rotatable bonds is 6. The van der Waals surface area contributed by atoms with E-state index in [9.17, 15) is 9.59 Å². The molecule has 154 valence electrons. The average molecular weight is 402 g/mol. The van der Waals surface area contributed by atoms with Gasteiger partial charge in [-0.15, -0.1) is 0 Å². The minimum atomic E-state index is -0.475. The van der Waals surface area contributed by atoms with Crippen LogP contribution in [-0.2, 0) is 4.79 Å². The van der Waals surface area contributed by atoms with Crippen molar-refractivity contribution < 1.29 is 14.0 Å². The topological polar surface area (TPSA) is 62.6 Å². The Morgan fingerprint density at radius 3 is 2.17 bits per heavy atom. The first-order valence-electron chi connectivity index (χ1n) is 10.4. The van der Waals surface area contributed by atoms with Crippen LogP contribution in [0, 0.1) is 0 Å². The summed E-state index contributed by atoms with van der Waals surface area (Å²) in [4.78, 5) is 27.5. The number of hydrogen-bond donors (Lipinski definition) is 1. The summed E-state index contributed by atoms with van der Waals surface area (Å²) in [6.07, 6.45) is 2.94. The van der Waals surface area contributed by atoms with Gasteiger partial charge in [-0.05, 0) is 43.0 Å². The lowest BCUT2D eigenvalue weighted by Crippen LogP contribution is -2.49. The molecule has 0 saturated carbocycles. The molecular formula is C25H26N2O3. The second-order valence-corrected chi connectivity index (χ2v) is 7.73. The third-order valence-electron chi connectivity index (χ3n) is 5.74. The van der Waals surface area contributed by atoms with Gasteiger partial charge in [-0.25, -0.2) is 0 Å². The van der Waals surface area contributed by atoms with Crippen molar-refractivity contribution in [3.63, 3.8) is 0 Å². The summed E-state index contributed by atoms with van der Waals surface area (Å²) in [5.74, 6) is -0.0501. The fourth-order valence-corrected chi connectivity index (χ4v) is 4.32. The van der Waals surface area contributed by atoms with Gasteiger partial charge in [0, 0.05) is 18.5 Å². The van der Waals surface area contributed by atoms with E-state index in [4.69, 9.17) is 4.42 Å². The van der Waals surface area contributed by atoms with Crippen molar-refractivity contribution in [2.24, 2.45) is 0 Å². The molecule has 5 nitrogen and oxygen atoms in total. The van der Waals surface area contributed by atoms with Gasteiger partial charge in [0.1, 0.15) is 6.04 Å². The summed E-state index contributed by atoms with van der Waals surface area (Å²) >= 11 is 0. The van der Waals surface area contributed by atoms with Crippen molar-refractivity contribution in [2.75, 3.05) is 6.54 Å². The quantitative estimate of drug-likeness (QED) is 0.671. The summed E-state index contributed by atoms with van der Waals surface area (Å²) < 4.78 is 5.25. The predicted molar refractivity (Wildman–Crippen MR) is 115 cm³/mol. The van der Waals surface area contributed by atoms with Crippen LogP contribution in [0.15, 0.2) is 83.5 Å². The number of amides is 2. The van der Waals surface area contributed by atoms with E-state index in [1.165, 1.54) is 6.26 Å². The summed E-state index contributed by atoms with van der Waals surface area (Å²) in [5, 5.41) is 3.19. The van der Waals surface area contributed by atoms with E-state index < -0.39 is 6.04 Å². The highest BCUT2D eigenvalue weighted by Crippen LogP contribution is 2.29. The van der Waals surface area contributed by atoms with Crippen LogP contribution in [0.3, 0.4) is 0 Å². The van der Waals surface area contributed by atoms with E-state index in [0.717, 1.165) is 17.5 Å². The van der Waals surface area contributed by atoms with Crippen LogP contribution in [0.4, 0.5) is 0 Å². The van der Waals surface area contributed by atoms with Gasteiger partial charge in [0.05, 0.1) is 6.26 Å². The maximum absolute atomic E-state index is 13.2. The smallest absolute Gasteiger partial charge is 0.290 e. The van der Waals surface area contributed by atoms with Gasteiger partial charge in [-0.3, -0.25) is 9.59 Å². The molecule has 0 spiro atoms. The molecular weight excluding hydrogens is 376 g/mol. The van der Waals surface area contributed by atoms with Crippen molar-refractivity contribution in [3.05, 3.63) is 95.9 Å². The maximum Gasteiger partial charge on any atom is 0.290 e. The summed E-state index contributed by atoms with van der Waals surface area (Å²) in [6, 6.07) is 23.1. The molecule has 1 saturated heterocycles. The van der Waals surface area contributed by atoms with Crippen molar-refractivity contribution in [3.8, 4) is 0 Å². The van der Waals surface area contributed by atoms with Crippen LogP contribution in [0.5, 0.6) is 0 Å². The second-order valence-electron chi connectivity index (χ2n) is 7.73. The molecule has 1 fully saturated rings. The van der Waals surface area contributed by atoms with E-state index >= 15 is 0 Å². The molecule has 0 unspecified atom stereocenters. The summed E-state index contributed by atoms with van der Waals surface area (Å²) in [6.45, 7) is 2.59. The van der Waals surface area contributed by atoms with Crippen molar-refractivity contribution in [1.29, 1.82) is 0 Å². The second kappa shape index (κ2) is 8.99. The number of nitrogens with one attached hydrogen (secondary N) is 1. The Bertz CT molecular complexity index is 931. The number of likely N-dealkylation sites (tertiary alicyclic amines) is 1. The highest BCUT2D eigenvalue weighted by atomic mass is 16.3. The molecule has 0 aliphatic carbocycles. The Hall–Kier alpha value is -3.34. The molecule has 2 amide bonds. The lowest BCUT2D eigenvalue weighted by molar-refractivity contribution is -0.125. The van der Waals surface area contributed by atoms with Gasteiger partial charge < -0.3 is 14.6 Å². The molecule has 0 bridgehead atoms. The van der Waals surface area contributed by atoms with E-state index in [-0.39, 0.29) is 29.5 Å². The average Bonchev–Trinajstić information content (AvgIpc) is 3.47. The van der Waals surface area contributed by atoms with E-state index in [2.05, 4.69) is 29.6 Å². The van der Waals surface area contributed by atoms with Crippen LogP contribution in [0.2, 0.25) is 0 Å². The molecule has 30 heavy (non-hydrogen) atoms. The number of carbonyl (C=O) groups is 2. The Balaban J connectivity index is 1.53.